The highest BCUT2D eigenvalue weighted by Crippen LogP contribution is 2.56. The minimum Gasteiger partial charge on any atom is -0.507 e. The van der Waals surface area contributed by atoms with Crippen LogP contribution >= 0.6 is 0 Å². The molecule has 5 rings (SSSR count). The number of aldehydes is 1. The van der Waals surface area contributed by atoms with Crippen molar-refractivity contribution in [1.29, 1.82) is 0 Å². The van der Waals surface area contributed by atoms with E-state index in [0.717, 1.165) is 0 Å². The maximum Gasteiger partial charge on any atom is 0.190 e. The summed E-state index contributed by atoms with van der Waals surface area (Å²) >= 11 is 0. The summed E-state index contributed by atoms with van der Waals surface area (Å²) in [5.41, 5.74) is -2.23. The lowest BCUT2D eigenvalue weighted by atomic mass is 9.74. The standard InChI is InChI=1S/C29H33NO10/c1-12-17(7-6-16(30-2)24(12)34)40-18-9-29(39,19(33)11-32)8-15-21(18)28(38)23-22(26(15)36)25(35)14-5-3-4-13(10-31)20(14)27(23)37/h3-5,10,12,16-18,24,30,32,34-39H,6-9,11H2,1-2H3. The van der Waals surface area contributed by atoms with E-state index in [0.29, 0.717) is 19.1 Å². The molecule has 0 heterocycles. The van der Waals surface area contributed by atoms with E-state index in [9.17, 15) is 45.3 Å². The number of Topliss-reactive ketones (excluding diaryl/α,β-unsaturated/α-hetero) is 1. The van der Waals surface area contributed by atoms with Crippen molar-refractivity contribution in [2.45, 2.75) is 62.6 Å². The molecular formula is C29H33NO10. The lowest BCUT2D eigenvalue weighted by molar-refractivity contribution is -0.155. The van der Waals surface area contributed by atoms with Crippen LogP contribution in [0, 0.1) is 5.92 Å². The van der Waals surface area contributed by atoms with E-state index < -0.39 is 65.7 Å². The van der Waals surface area contributed by atoms with Crippen molar-refractivity contribution < 1.29 is 50.1 Å². The molecule has 0 amide bonds. The molecule has 11 heteroatoms. The van der Waals surface area contributed by atoms with Crippen LogP contribution in [0.1, 0.15) is 53.8 Å². The maximum atomic E-state index is 12.7. The number of aliphatic hydroxyl groups excluding tert-OH is 2. The summed E-state index contributed by atoms with van der Waals surface area (Å²) in [4.78, 5) is 24.4. The van der Waals surface area contributed by atoms with E-state index in [2.05, 4.69) is 5.32 Å². The van der Waals surface area contributed by atoms with E-state index in [1.54, 1.807) is 14.0 Å². The molecule has 6 atom stereocenters. The van der Waals surface area contributed by atoms with Gasteiger partial charge in [-0.15, -0.1) is 0 Å². The number of hydrogen-bond donors (Lipinski definition) is 8. The zero-order chi connectivity index (χ0) is 29.1. The van der Waals surface area contributed by atoms with Crippen molar-refractivity contribution >= 4 is 33.6 Å². The predicted molar refractivity (Wildman–Crippen MR) is 144 cm³/mol. The molecule has 8 N–H and O–H groups in total. The van der Waals surface area contributed by atoms with Crippen molar-refractivity contribution in [2.75, 3.05) is 13.7 Å². The quantitative estimate of drug-likeness (QED) is 0.125. The van der Waals surface area contributed by atoms with Crippen LogP contribution in [-0.4, -0.2) is 85.3 Å². The van der Waals surface area contributed by atoms with E-state index >= 15 is 0 Å². The number of rotatable bonds is 6. The van der Waals surface area contributed by atoms with Crippen LogP contribution in [0.2, 0.25) is 0 Å². The molecule has 1 saturated carbocycles. The highest BCUT2D eigenvalue weighted by molar-refractivity contribution is 6.18. The molecule has 0 bridgehead atoms. The Morgan fingerprint density at radius 2 is 1.77 bits per heavy atom. The van der Waals surface area contributed by atoms with Gasteiger partial charge >= 0.3 is 0 Å². The predicted octanol–water partition coefficient (Wildman–Crippen LogP) is 1.67. The molecule has 11 nitrogen and oxygen atoms in total. The molecule has 2 aliphatic rings. The minimum absolute atomic E-state index is 0.00419. The number of nitrogens with one attached hydrogen (secondary N) is 1. The van der Waals surface area contributed by atoms with Gasteiger partial charge in [0.25, 0.3) is 0 Å². The van der Waals surface area contributed by atoms with Crippen LogP contribution in [0.25, 0.3) is 21.5 Å². The molecular weight excluding hydrogens is 522 g/mol. The molecule has 6 unspecified atom stereocenters. The van der Waals surface area contributed by atoms with E-state index in [1.165, 1.54) is 18.2 Å². The highest BCUT2D eigenvalue weighted by Gasteiger charge is 2.48. The smallest absolute Gasteiger partial charge is 0.190 e. The summed E-state index contributed by atoms with van der Waals surface area (Å²) in [5.74, 6) is -3.53. The summed E-state index contributed by atoms with van der Waals surface area (Å²) in [7, 11) is 1.74. The number of fused-ring (bicyclic) bond motifs is 3. The Morgan fingerprint density at radius 3 is 2.42 bits per heavy atom. The summed E-state index contributed by atoms with van der Waals surface area (Å²) < 4.78 is 6.36. The second kappa shape index (κ2) is 10.2. The summed E-state index contributed by atoms with van der Waals surface area (Å²) in [5, 5.41) is 79.6. The Kier molecular flexibility index (Phi) is 7.13. The van der Waals surface area contributed by atoms with E-state index in [-0.39, 0.29) is 56.6 Å². The third-order valence-corrected chi connectivity index (χ3v) is 8.77. The Labute approximate surface area is 229 Å². The first kappa shape index (κ1) is 28.1. The first-order valence-corrected chi connectivity index (χ1v) is 13.2. The number of likely N-dealkylation sites (N-methyl/N-ethyl adjacent to an activating group) is 1. The number of carbonyl (C=O) groups is 2. The topological polar surface area (TPSA) is 197 Å². The average Bonchev–Trinajstić information content (AvgIpc) is 2.94. The number of hydrogen-bond acceptors (Lipinski definition) is 11. The van der Waals surface area contributed by atoms with Gasteiger partial charge in [-0.2, -0.15) is 0 Å². The van der Waals surface area contributed by atoms with Gasteiger partial charge in [0.2, 0.25) is 0 Å². The van der Waals surface area contributed by atoms with Crippen LogP contribution in [0.5, 0.6) is 23.0 Å². The molecule has 3 aromatic carbocycles. The summed E-state index contributed by atoms with van der Waals surface area (Å²) in [6.45, 7) is 0.814. The van der Waals surface area contributed by atoms with Crippen LogP contribution in [0.4, 0.5) is 0 Å². The van der Waals surface area contributed by atoms with Crippen molar-refractivity contribution in [3.8, 4) is 23.0 Å². The second-order valence-electron chi connectivity index (χ2n) is 10.9. The van der Waals surface area contributed by atoms with Gasteiger partial charge in [-0.25, -0.2) is 0 Å². The Hall–Kier alpha value is -3.48. The maximum absolute atomic E-state index is 12.7. The number of ether oxygens (including phenoxy) is 1. The van der Waals surface area contributed by atoms with Gasteiger partial charge in [0, 0.05) is 52.3 Å². The Morgan fingerprint density at radius 1 is 1.07 bits per heavy atom. The first-order chi connectivity index (χ1) is 19.0. The fraction of sp³-hybridized carbons (Fsp3) is 0.448. The minimum atomic E-state index is -2.17. The molecule has 214 valence electrons. The molecule has 2 aliphatic carbocycles. The van der Waals surface area contributed by atoms with Crippen molar-refractivity contribution in [2.24, 2.45) is 5.92 Å². The van der Waals surface area contributed by atoms with Gasteiger partial charge in [-0.05, 0) is 19.9 Å². The molecule has 1 fully saturated rings. The fourth-order valence-electron chi connectivity index (χ4n) is 6.50. The number of aliphatic hydroxyl groups is 3. The summed E-state index contributed by atoms with van der Waals surface area (Å²) in [6.07, 6.45) is -1.87. The van der Waals surface area contributed by atoms with Crippen LogP contribution < -0.4 is 5.32 Å². The lowest BCUT2D eigenvalue weighted by Gasteiger charge is -2.43. The van der Waals surface area contributed by atoms with Crippen molar-refractivity contribution in [3.05, 3.63) is 34.9 Å². The largest absolute Gasteiger partial charge is 0.507 e. The molecule has 0 saturated heterocycles. The van der Waals surface area contributed by atoms with Crippen LogP contribution in [-0.2, 0) is 16.0 Å². The Balaban J connectivity index is 1.76. The van der Waals surface area contributed by atoms with Gasteiger partial charge in [0.15, 0.2) is 12.1 Å². The van der Waals surface area contributed by atoms with Gasteiger partial charge in [-0.1, -0.05) is 25.1 Å². The summed E-state index contributed by atoms with van der Waals surface area (Å²) in [6, 6.07) is 4.17. The monoisotopic (exact) mass is 555 g/mol. The van der Waals surface area contributed by atoms with Gasteiger partial charge in [0.05, 0.1) is 29.1 Å². The third-order valence-electron chi connectivity index (χ3n) is 8.77. The second-order valence-corrected chi connectivity index (χ2v) is 10.9. The molecule has 0 radical (unpaired) electrons. The molecule has 0 aromatic heterocycles. The fourth-order valence-corrected chi connectivity index (χ4v) is 6.50. The van der Waals surface area contributed by atoms with E-state index in [4.69, 9.17) is 4.74 Å². The van der Waals surface area contributed by atoms with E-state index in [1.807, 2.05) is 0 Å². The molecule has 0 aliphatic heterocycles. The van der Waals surface area contributed by atoms with Gasteiger partial charge in [-0.3, -0.25) is 9.59 Å². The average molecular weight is 556 g/mol. The van der Waals surface area contributed by atoms with Crippen molar-refractivity contribution in [3.63, 3.8) is 0 Å². The molecule has 0 spiro atoms. The van der Waals surface area contributed by atoms with Gasteiger partial charge < -0.3 is 45.8 Å². The van der Waals surface area contributed by atoms with Crippen molar-refractivity contribution in [1.82, 2.24) is 5.32 Å². The number of phenolic OH excluding ortho intramolecular Hbond substituents is 4. The van der Waals surface area contributed by atoms with Gasteiger partial charge in [0.1, 0.15) is 35.2 Å². The molecule has 40 heavy (non-hydrogen) atoms. The number of carbonyl (C=O) groups excluding carboxylic acids is 2. The van der Waals surface area contributed by atoms with Crippen LogP contribution in [0.15, 0.2) is 18.2 Å². The third kappa shape index (κ3) is 4.08. The number of benzene rings is 3. The first-order valence-electron chi connectivity index (χ1n) is 13.2. The number of ketones is 1. The van der Waals surface area contributed by atoms with Crippen LogP contribution in [0.3, 0.4) is 0 Å². The SMILES string of the molecule is CNC1CCC(OC2CC(O)(C(=O)CO)Cc3c2c(O)c2c(O)c4c(C=O)cccc4c(O)c2c3O)C(C)C1O. The number of phenols is 4. The molecule has 3 aromatic rings. The zero-order valence-corrected chi connectivity index (χ0v) is 22.1. The lowest BCUT2D eigenvalue weighted by Crippen LogP contribution is -2.51. The Bertz CT molecular complexity index is 1520. The number of aromatic hydroxyl groups is 4. The zero-order valence-electron chi connectivity index (χ0n) is 22.1. The highest BCUT2D eigenvalue weighted by atomic mass is 16.5. The normalized spacial score (nSPS) is 28.5.